The Balaban J connectivity index is 1.54. The lowest BCUT2D eigenvalue weighted by Gasteiger charge is -2.15. The van der Waals surface area contributed by atoms with E-state index < -0.39 is 0 Å². The second-order valence-corrected chi connectivity index (χ2v) is 8.76. The van der Waals surface area contributed by atoms with Crippen molar-refractivity contribution in [3.63, 3.8) is 0 Å². The van der Waals surface area contributed by atoms with Crippen LogP contribution in [0.25, 0.3) is 22.4 Å². The monoisotopic (exact) mass is 403 g/mol. The largest absolute Gasteiger partial charge is 0.256 e. The molecule has 0 unspecified atom stereocenters. The molecule has 31 heavy (non-hydrogen) atoms. The Hall–Kier alpha value is -3.19. The van der Waals surface area contributed by atoms with Gasteiger partial charge in [0, 0.05) is 11.8 Å². The van der Waals surface area contributed by atoms with Crippen molar-refractivity contribution in [3.8, 4) is 22.4 Å². The molecule has 1 aromatic heterocycles. The molecule has 0 spiro atoms. The fraction of sp³-hybridized carbons (Fsp3) is 0.233. The van der Waals surface area contributed by atoms with Crippen molar-refractivity contribution in [3.05, 3.63) is 113 Å². The number of nitrogens with zero attached hydrogens (tertiary/aromatic N) is 1. The zero-order chi connectivity index (χ0) is 21.0. The SMILES string of the molecule is Cc1cc2ccc1CCCCc1ccc(c(-c3ccnc(-c4ccccc4)c3)c1)CC2. The molecule has 4 bridgehead atoms. The van der Waals surface area contributed by atoms with Crippen LogP contribution in [0.5, 0.6) is 0 Å². The Morgan fingerprint density at radius 2 is 1.39 bits per heavy atom. The highest BCUT2D eigenvalue weighted by atomic mass is 14.7. The van der Waals surface area contributed by atoms with Gasteiger partial charge in [0.15, 0.2) is 0 Å². The smallest absolute Gasteiger partial charge is 0.0708 e. The fourth-order valence-electron chi connectivity index (χ4n) is 4.75. The molecule has 3 aromatic carbocycles. The fourth-order valence-corrected chi connectivity index (χ4v) is 4.75. The van der Waals surface area contributed by atoms with Gasteiger partial charge < -0.3 is 0 Å². The van der Waals surface area contributed by atoms with E-state index in [9.17, 15) is 0 Å². The number of benzene rings is 3. The highest BCUT2D eigenvalue weighted by Crippen LogP contribution is 2.30. The van der Waals surface area contributed by atoms with Crippen molar-refractivity contribution in [1.29, 1.82) is 0 Å². The molecule has 4 aliphatic rings. The van der Waals surface area contributed by atoms with E-state index in [-0.39, 0.29) is 0 Å². The summed E-state index contributed by atoms with van der Waals surface area (Å²) in [6.07, 6.45) is 8.87. The predicted molar refractivity (Wildman–Crippen MR) is 130 cm³/mol. The molecule has 1 heterocycles. The van der Waals surface area contributed by atoms with E-state index in [2.05, 4.69) is 90.8 Å². The normalized spacial score (nSPS) is 13.8. The summed E-state index contributed by atoms with van der Waals surface area (Å²) < 4.78 is 0. The van der Waals surface area contributed by atoms with Gasteiger partial charge in [-0.15, -0.1) is 0 Å². The Labute approximate surface area is 185 Å². The molecular weight excluding hydrogens is 374 g/mol. The van der Waals surface area contributed by atoms with Gasteiger partial charge in [0.05, 0.1) is 5.69 Å². The van der Waals surface area contributed by atoms with Crippen LogP contribution < -0.4 is 0 Å². The van der Waals surface area contributed by atoms with E-state index in [1.165, 1.54) is 63.8 Å². The summed E-state index contributed by atoms with van der Waals surface area (Å²) in [5.74, 6) is 0. The summed E-state index contributed by atoms with van der Waals surface area (Å²) in [6, 6.07) is 29.1. The van der Waals surface area contributed by atoms with Crippen LogP contribution in [0.3, 0.4) is 0 Å². The highest BCUT2D eigenvalue weighted by molar-refractivity contribution is 5.73. The maximum atomic E-state index is 4.65. The summed E-state index contributed by atoms with van der Waals surface area (Å²) >= 11 is 0. The maximum absolute atomic E-state index is 4.65. The number of hydrogen-bond donors (Lipinski definition) is 0. The molecule has 0 fully saturated rings. The third-order valence-corrected chi connectivity index (χ3v) is 6.57. The summed E-state index contributed by atoms with van der Waals surface area (Å²) in [6.45, 7) is 2.27. The molecular formula is C30H29N. The third-order valence-electron chi connectivity index (χ3n) is 6.57. The summed E-state index contributed by atoms with van der Waals surface area (Å²) in [4.78, 5) is 4.65. The van der Waals surface area contributed by atoms with Crippen molar-refractivity contribution in [2.75, 3.05) is 0 Å². The number of rotatable bonds is 2. The molecule has 8 rings (SSSR count). The first-order valence-corrected chi connectivity index (χ1v) is 11.5. The van der Waals surface area contributed by atoms with Gasteiger partial charge in [-0.3, -0.25) is 4.98 Å². The quantitative estimate of drug-likeness (QED) is 0.340. The molecule has 0 amide bonds. The van der Waals surface area contributed by atoms with E-state index in [1.54, 1.807) is 0 Å². The van der Waals surface area contributed by atoms with Gasteiger partial charge in [-0.2, -0.15) is 0 Å². The zero-order valence-electron chi connectivity index (χ0n) is 18.3. The van der Waals surface area contributed by atoms with Crippen LogP contribution in [0.1, 0.15) is 40.7 Å². The molecule has 154 valence electrons. The number of aryl methyl sites for hydroxylation is 5. The first kappa shape index (κ1) is 19.8. The average Bonchev–Trinajstić information content (AvgIpc) is 2.82. The molecule has 0 saturated heterocycles. The Kier molecular flexibility index (Phi) is 5.67. The van der Waals surface area contributed by atoms with Gasteiger partial charge in [0.25, 0.3) is 0 Å². The van der Waals surface area contributed by atoms with Gasteiger partial charge in [-0.05, 0) is 96.5 Å². The highest BCUT2D eigenvalue weighted by Gasteiger charge is 2.11. The third kappa shape index (κ3) is 4.46. The lowest BCUT2D eigenvalue weighted by Crippen LogP contribution is -2.00. The van der Waals surface area contributed by atoms with E-state index in [1.807, 2.05) is 6.20 Å². The minimum atomic E-state index is 1.04. The Morgan fingerprint density at radius 1 is 0.613 bits per heavy atom. The predicted octanol–water partition coefficient (Wildman–Crippen LogP) is 7.39. The van der Waals surface area contributed by atoms with Crippen LogP contribution in [0.15, 0.2) is 85.1 Å². The van der Waals surface area contributed by atoms with Crippen LogP contribution in [-0.2, 0) is 25.7 Å². The molecule has 0 saturated carbocycles. The van der Waals surface area contributed by atoms with Crippen molar-refractivity contribution in [2.45, 2.75) is 45.4 Å². The minimum absolute atomic E-state index is 1.04. The van der Waals surface area contributed by atoms with Gasteiger partial charge >= 0.3 is 0 Å². The van der Waals surface area contributed by atoms with Crippen molar-refractivity contribution in [1.82, 2.24) is 4.98 Å². The minimum Gasteiger partial charge on any atom is -0.256 e. The van der Waals surface area contributed by atoms with E-state index in [0.29, 0.717) is 0 Å². The maximum Gasteiger partial charge on any atom is 0.0708 e. The number of hydrogen-bond acceptors (Lipinski definition) is 1. The standard InChI is InChI=1S/C30H29N/c1-22-19-24-11-14-25(22)8-6-5-7-23-12-15-26(16-13-24)29(20-23)28-17-18-31-30(21-28)27-9-3-2-4-10-27/h2-4,9-12,14-15,17-21H,5-8,13,16H2,1H3. The lowest BCUT2D eigenvalue weighted by atomic mass is 9.90. The Bertz CT molecular complexity index is 1190. The first-order chi connectivity index (χ1) is 15.3. The number of pyridine rings is 1. The van der Waals surface area contributed by atoms with E-state index >= 15 is 0 Å². The lowest BCUT2D eigenvalue weighted by molar-refractivity contribution is 0.731. The summed E-state index contributed by atoms with van der Waals surface area (Å²) in [5.41, 5.74) is 12.1. The topological polar surface area (TPSA) is 12.9 Å². The second kappa shape index (κ2) is 8.89. The van der Waals surface area contributed by atoms with Crippen molar-refractivity contribution < 1.29 is 0 Å². The van der Waals surface area contributed by atoms with Crippen LogP contribution in [0.4, 0.5) is 0 Å². The first-order valence-electron chi connectivity index (χ1n) is 11.5. The zero-order valence-corrected chi connectivity index (χ0v) is 18.3. The number of aromatic nitrogens is 1. The van der Waals surface area contributed by atoms with Crippen LogP contribution in [0.2, 0.25) is 0 Å². The van der Waals surface area contributed by atoms with Gasteiger partial charge in [0.1, 0.15) is 0 Å². The van der Waals surface area contributed by atoms with Crippen molar-refractivity contribution in [2.24, 2.45) is 0 Å². The molecule has 0 atom stereocenters. The van der Waals surface area contributed by atoms with Crippen molar-refractivity contribution >= 4 is 0 Å². The molecule has 0 aliphatic heterocycles. The van der Waals surface area contributed by atoms with E-state index in [4.69, 9.17) is 0 Å². The Morgan fingerprint density at radius 3 is 2.23 bits per heavy atom. The molecule has 0 N–H and O–H groups in total. The summed E-state index contributed by atoms with van der Waals surface area (Å²) in [5, 5.41) is 0. The van der Waals surface area contributed by atoms with E-state index in [0.717, 1.165) is 25.0 Å². The van der Waals surface area contributed by atoms with Gasteiger partial charge in [-0.1, -0.05) is 66.7 Å². The molecule has 0 radical (unpaired) electrons. The molecule has 1 nitrogen and oxygen atoms in total. The van der Waals surface area contributed by atoms with Crippen LogP contribution >= 0.6 is 0 Å². The van der Waals surface area contributed by atoms with Crippen LogP contribution in [-0.4, -0.2) is 4.98 Å². The molecule has 4 aromatic rings. The second-order valence-electron chi connectivity index (χ2n) is 8.76. The van der Waals surface area contributed by atoms with Gasteiger partial charge in [0.2, 0.25) is 0 Å². The summed E-state index contributed by atoms with van der Waals surface area (Å²) in [7, 11) is 0. The molecule has 1 heteroatoms. The average molecular weight is 404 g/mol. The van der Waals surface area contributed by atoms with Crippen LogP contribution in [0, 0.1) is 6.92 Å². The molecule has 4 aliphatic carbocycles. The van der Waals surface area contributed by atoms with Gasteiger partial charge in [-0.25, -0.2) is 0 Å².